The number of fused-ring (bicyclic) bond motifs is 1. The molecule has 0 atom stereocenters. The number of imidazole rings is 1. The smallest absolute Gasteiger partial charge is 0.224 e. The lowest BCUT2D eigenvalue weighted by Crippen LogP contribution is -2.11. The fourth-order valence-electron chi connectivity index (χ4n) is 2.63. The molecular formula is C19H21N3O2. The van der Waals surface area contributed by atoms with Crippen molar-refractivity contribution in [1.29, 1.82) is 0 Å². The van der Waals surface area contributed by atoms with Gasteiger partial charge in [-0.25, -0.2) is 4.98 Å². The van der Waals surface area contributed by atoms with Gasteiger partial charge < -0.3 is 14.5 Å². The highest BCUT2D eigenvalue weighted by atomic mass is 16.5. The quantitative estimate of drug-likeness (QED) is 0.770. The van der Waals surface area contributed by atoms with E-state index >= 15 is 0 Å². The molecule has 0 unspecified atom stereocenters. The van der Waals surface area contributed by atoms with Crippen LogP contribution in [0.1, 0.15) is 25.3 Å². The van der Waals surface area contributed by atoms with Crippen molar-refractivity contribution < 1.29 is 9.53 Å². The van der Waals surface area contributed by atoms with Crippen LogP contribution >= 0.6 is 0 Å². The molecule has 3 aromatic rings. The molecule has 0 bridgehead atoms. The van der Waals surface area contributed by atoms with Crippen molar-refractivity contribution >= 4 is 17.2 Å². The van der Waals surface area contributed by atoms with Gasteiger partial charge in [0.15, 0.2) is 0 Å². The van der Waals surface area contributed by atoms with Gasteiger partial charge in [-0.05, 0) is 49.2 Å². The molecule has 1 amide bonds. The van der Waals surface area contributed by atoms with Crippen LogP contribution in [-0.4, -0.2) is 22.4 Å². The lowest BCUT2D eigenvalue weighted by molar-refractivity contribution is -0.116. The molecule has 0 aliphatic rings. The third-order valence-electron chi connectivity index (χ3n) is 3.86. The molecule has 124 valence electrons. The summed E-state index contributed by atoms with van der Waals surface area (Å²) in [5.41, 5.74) is 4.53. The van der Waals surface area contributed by atoms with Crippen molar-refractivity contribution in [1.82, 2.24) is 9.38 Å². The second-order valence-electron chi connectivity index (χ2n) is 5.81. The van der Waals surface area contributed by atoms with Gasteiger partial charge in [-0.15, -0.1) is 0 Å². The van der Waals surface area contributed by atoms with E-state index in [-0.39, 0.29) is 5.91 Å². The molecular weight excluding hydrogens is 302 g/mol. The first-order valence-corrected chi connectivity index (χ1v) is 8.04. The highest BCUT2D eigenvalue weighted by molar-refractivity contribution is 5.93. The molecule has 0 radical (unpaired) electrons. The predicted octanol–water partition coefficient (Wildman–Crippen LogP) is 4.06. The fourth-order valence-corrected chi connectivity index (χ4v) is 2.63. The molecule has 0 saturated carbocycles. The molecule has 0 saturated heterocycles. The molecule has 0 aliphatic carbocycles. The Hall–Kier alpha value is -2.82. The number of aromatic nitrogens is 2. The Morgan fingerprint density at radius 3 is 2.88 bits per heavy atom. The minimum atomic E-state index is -0.0152. The van der Waals surface area contributed by atoms with Crippen LogP contribution < -0.4 is 10.1 Å². The van der Waals surface area contributed by atoms with E-state index in [9.17, 15) is 4.79 Å². The summed E-state index contributed by atoms with van der Waals surface area (Å²) in [5.74, 6) is 0.626. The highest BCUT2D eigenvalue weighted by Gasteiger charge is 2.11. The van der Waals surface area contributed by atoms with Crippen molar-refractivity contribution in [3.63, 3.8) is 0 Å². The number of nitrogens with one attached hydrogen (secondary N) is 1. The second-order valence-corrected chi connectivity index (χ2v) is 5.81. The number of pyridine rings is 1. The minimum Gasteiger partial charge on any atom is -0.495 e. The molecule has 3 rings (SSSR count). The fraction of sp³-hybridized carbons (Fsp3) is 0.263. The number of carbonyl (C=O) groups is 1. The van der Waals surface area contributed by atoms with E-state index in [1.165, 1.54) is 5.56 Å². The molecule has 1 N–H and O–H groups in total. The van der Waals surface area contributed by atoms with Gasteiger partial charge >= 0.3 is 0 Å². The molecule has 2 aromatic heterocycles. The van der Waals surface area contributed by atoms with Crippen LogP contribution in [0.4, 0.5) is 5.69 Å². The minimum absolute atomic E-state index is 0.0152. The summed E-state index contributed by atoms with van der Waals surface area (Å²) in [6.07, 6.45) is 5.27. The molecule has 24 heavy (non-hydrogen) atoms. The number of amides is 1. The molecule has 0 spiro atoms. The Kier molecular flexibility index (Phi) is 4.51. The topological polar surface area (TPSA) is 55.6 Å². The van der Waals surface area contributed by atoms with Gasteiger partial charge in [-0.2, -0.15) is 0 Å². The summed E-state index contributed by atoms with van der Waals surface area (Å²) >= 11 is 0. The summed E-state index contributed by atoms with van der Waals surface area (Å²) < 4.78 is 7.34. The van der Waals surface area contributed by atoms with Gasteiger partial charge in [0.05, 0.1) is 18.5 Å². The van der Waals surface area contributed by atoms with Crippen LogP contribution in [0, 0.1) is 6.92 Å². The van der Waals surface area contributed by atoms with Gasteiger partial charge in [0.1, 0.15) is 11.4 Å². The Labute approximate surface area is 141 Å². The molecule has 5 nitrogen and oxygen atoms in total. The van der Waals surface area contributed by atoms with E-state index in [2.05, 4.69) is 10.3 Å². The number of carbonyl (C=O) groups excluding carboxylic acids is 1. The zero-order valence-corrected chi connectivity index (χ0v) is 14.2. The SMILES string of the molecule is CCCC(=O)Nc1cc(-c2cn3ccc(C)cc3n2)ccc1OC. The third-order valence-corrected chi connectivity index (χ3v) is 3.86. The van der Waals surface area contributed by atoms with E-state index in [1.54, 1.807) is 7.11 Å². The maximum absolute atomic E-state index is 11.9. The highest BCUT2D eigenvalue weighted by Crippen LogP contribution is 2.30. The lowest BCUT2D eigenvalue weighted by atomic mass is 10.1. The average Bonchev–Trinajstić information content (AvgIpc) is 2.98. The molecule has 2 heterocycles. The number of nitrogens with zero attached hydrogens (tertiary/aromatic N) is 2. The predicted molar refractivity (Wildman–Crippen MR) is 95.5 cm³/mol. The normalized spacial score (nSPS) is 10.8. The van der Waals surface area contributed by atoms with Crippen LogP contribution in [0.5, 0.6) is 5.75 Å². The number of ether oxygens (including phenoxy) is 1. The van der Waals surface area contributed by atoms with Crippen molar-refractivity contribution in [2.75, 3.05) is 12.4 Å². The third kappa shape index (κ3) is 3.25. The lowest BCUT2D eigenvalue weighted by Gasteiger charge is -2.11. The largest absolute Gasteiger partial charge is 0.495 e. The Balaban J connectivity index is 1.98. The maximum Gasteiger partial charge on any atom is 0.224 e. The van der Waals surface area contributed by atoms with Gasteiger partial charge in [-0.3, -0.25) is 4.79 Å². The van der Waals surface area contributed by atoms with Crippen LogP contribution in [0.15, 0.2) is 42.7 Å². The number of aryl methyl sites for hydroxylation is 1. The van der Waals surface area contributed by atoms with Crippen LogP contribution in [0.2, 0.25) is 0 Å². The first kappa shape index (κ1) is 16.1. The Morgan fingerprint density at radius 1 is 1.29 bits per heavy atom. The van der Waals surface area contributed by atoms with Gasteiger partial charge in [0.2, 0.25) is 5.91 Å². The second kappa shape index (κ2) is 6.74. The van der Waals surface area contributed by atoms with Gasteiger partial charge in [-0.1, -0.05) is 6.92 Å². The summed E-state index contributed by atoms with van der Waals surface area (Å²) in [6, 6.07) is 9.79. The van der Waals surface area contributed by atoms with Crippen molar-refractivity contribution in [2.45, 2.75) is 26.7 Å². The number of hydrogen-bond donors (Lipinski definition) is 1. The first-order chi connectivity index (χ1) is 11.6. The molecule has 1 aromatic carbocycles. The molecule has 0 aliphatic heterocycles. The molecule has 5 heteroatoms. The van der Waals surface area contributed by atoms with E-state index < -0.39 is 0 Å². The summed E-state index contributed by atoms with van der Waals surface area (Å²) in [7, 11) is 1.60. The number of anilines is 1. The Bertz CT molecular complexity index is 883. The van der Waals surface area contributed by atoms with Crippen LogP contribution in [0.25, 0.3) is 16.9 Å². The van der Waals surface area contributed by atoms with Crippen molar-refractivity contribution in [3.05, 3.63) is 48.3 Å². The summed E-state index contributed by atoms with van der Waals surface area (Å²) in [4.78, 5) is 16.6. The van der Waals surface area contributed by atoms with Crippen LogP contribution in [-0.2, 0) is 4.79 Å². The van der Waals surface area contributed by atoms with E-state index in [1.807, 2.05) is 61.0 Å². The van der Waals surface area contributed by atoms with Crippen molar-refractivity contribution in [3.8, 4) is 17.0 Å². The monoisotopic (exact) mass is 323 g/mol. The number of rotatable bonds is 5. The number of benzene rings is 1. The maximum atomic E-state index is 11.9. The van der Waals surface area contributed by atoms with E-state index in [4.69, 9.17) is 4.74 Å². The van der Waals surface area contributed by atoms with Gasteiger partial charge in [0.25, 0.3) is 0 Å². The van der Waals surface area contributed by atoms with E-state index in [0.717, 1.165) is 23.3 Å². The standard InChI is InChI=1S/C19H21N3O2/c1-4-5-19(23)21-15-11-14(6-7-17(15)24-3)16-12-22-9-8-13(2)10-18(22)20-16/h6-12H,4-5H2,1-3H3,(H,21,23). The zero-order valence-electron chi connectivity index (χ0n) is 14.2. The number of hydrogen-bond acceptors (Lipinski definition) is 3. The molecule has 0 fully saturated rings. The van der Waals surface area contributed by atoms with Crippen molar-refractivity contribution in [2.24, 2.45) is 0 Å². The average molecular weight is 323 g/mol. The Morgan fingerprint density at radius 2 is 2.12 bits per heavy atom. The number of methoxy groups -OCH3 is 1. The van der Waals surface area contributed by atoms with E-state index in [0.29, 0.717) is 17.9 Å². The first-order valence-electron chi connectivity index (χ1n) is 8.04. The summed E-state index contributed by atoms with van der Waals surface area (Å²) in [6.45, 7) is 4.02. The summed E-state index contributed by atoms with van der Waals surface area (Å²) in [5, 5.41) is 2.92. The van der Waals surface area contributed by atoms with Crippen LogP contribution in [0.3, 0.4) is 0 Å². The zero-order chi connectivity index (χ0) is 17.1. The van der Waals surface area contributed by atoms with Gasteiger partial charge in [0, 0.05) is 24.4 Å².